The van der Waals surface area contributed by atoms with Gasteiger partial charge in [-0.1, -0.05) is 19.8 Å². The third-order valence-electron chi connectivity index (χ3n) is 2.27. The molecule has 3 nitrogen and oxygen atoms in total. The minimum absolute atomic E-state index is 0.0756. The molecule has 1 saturated heterocycles. The predicted octanol–water partition coefficient (Wildman–Crippen LogP) is 0.607. The van der Waals surface area contributed by atoms with Crippen LogP contribution in [0.15, 0.2) is 0 Å². The molecule has 0 aliphatic carbocycles. The largest absolute Gasteiger partial charge is 0.302 e. The van der Waals surface area contributed by atoms with Crippen LogP contribution in [-0.2, 0) is 4.79 Å². The fraction of sp³-hybridized carbons (Fsp3) is 0.889. The standard InChI is InChI=1S/C9H18N2O/c1-2-3-4-5-11-6-9(7-12)10-8-11/h7,9-10H,2-6,8H2,1H3. The molecule has 0 aromatic carbocycles. The van der Waals surface area contributed by atoms with E-state index in [1.54, 1.807) is 0 Å². The number of rotatable bonds is 5. The van der Waals surface area contributed by atoms with Gasteiger partial charge < -0.3 is 4.79 Å². The van der Waals surface area contributed by atoms with Crippen molar-refractivity contribution >= 4 is 6.29 Å². The van der Waals surface area contributed by atoms with Gasteiger partial charge >= 0.3 is 0 Å². The first kappa shape index (κ1) is 9.68. The molecule has 0 radical (unpaired) electrons. The lowest BCUT2D eigenvalue weighted by Gasteiger charge is -2.12. The molecule has 1 N–H and O–H groups in total. The molecular weight excluding hydrogens is 152 g/mol. The number of unbranched alkanes of at least 4 members (excludes halogenated alkanes) is 2. The van der Waals surface area contributed by atoms with E-state index in [4.69, 9.17) is 0 Å². The third-order valence-corrected chi connectivity index (χ3v) is 2.27. The Morgan fingerprint density at radius 1 is 1.58 bits per heavy atom. The average Bonchev–Trinajstić information content (AvgIpc) is 2.53. The first-order valence-corrected chi connectivity index (χ1v) is 4.78. The Labute approximate surface area is 74.1 Å². The fourth-order valence-corrected chi connectivity index (χ4v) is 1.50. The van der Waals surface area contributed by atoms with E-state index in [2.05, 4.69) is 17.1 Å². The quantitative estimate of drug-likeness (QED) is 0.484. The molecule has 0 aromatic rings. The molecule has 1 aliphatic rings. The van der Waals surface area contributed by atoms with E-state index in [-0.39, 0.29) is 6.04 Å². The fourth-order valence-electron chi connectivity index (χ4n) is 1.50. The SMILES string of the molecule is CCCCCN1CNC(C=O)C1. The molecule has 1 aliphatic heterocycles. The molecule has 1 fully saturated rings. The van der Waals surface area contributed by atoms with Crippen LogP contribution in [0, 0.1) is 0 Å². The second kappa shape index (κ2) is 5.27. The molecule has 12 heavy (non-hydrogen) atoms. The lowest BCUT2D eigenvalue weighted by Crippen LogP contribution is -2.24. The number of hydrogen-bond donors (Lipinski definition) is 1. The van der Waals surface area contributed by atoms with Crippen LogP contribution < -0.4 is 5.32 Å². The van der Waals surface area contributed by atoms with E-state index in [0.29, 0.717) is 0 Å². The minimum atomic E-state index is 0.0756. The topological polar surface area (TPSA) is 32.3 Å². The van der Waals surface area contributed by atoms with Gasteiger partial charge in [0.25, 0.3) is 0 Å². The van der Waals surface area contributed by atoms with Crippen LogP contribution in [0.2, 0.25) is 0 Å². The predicted molar refractivity (Wildman–Crippen MR) is 49.0 cm³/mol. The Hall–Kier alpha value is -0.410. The van der Waals surface area contributed by atoms with E-state index in [9.17, 15) is 4.79 Å². The molecule has 1 heterocycles. The Kier molecular flexibility index (Phi) is 4.25. The molecule has 0 amide bonds. The van der Waals surface area contributed by atoms with Crippen molar-refractivity contribution in [2.45, 2.75) is 32.2 Å². The van der Waals surface area contributed by atoms with Crippen LogP contribution in [-0.4, -0.2) is 37.0 Å². The number of aldehydes is 1. The summed E-state index contributed by atoms with van der Waals surface area (Å²) in [6.45, 7) is 5.11. The summed E-state index contributed by atoms with van der Waals surface area (Å²) in [5.74, 6) is 0. The van der Waals surface area contributed by atoms with Crippen molar-refractivity contribution in [1.29, 1.82) is 0 Å². The number of hydrogen-bond acceptors (Lipinski definition) is 3. The van der Waals surface area contributed by atoms with Crippen LogP contribution in [0.1, 0.15) is 26.2 Å². The zero-order chi connectivity index (χ0) is 8.81. The van der Waals surface area contributed by atoms with Gasteiger partial charge in [0.2, 0.25) is 0 Å². The van der Waals surface area contributed by atoms with Crippen molar-refractivity contribution in [1.82, 2.24) is 10.2 Å². The summed E-state index contributed by atoms with van der Waals surface area (Å²) in [5.41, 5.74) is 0. The second-order valence-electron chi connectivity index (χ2n) is 3.39. The van der Waals surface area contributed by atoms with Crippen LogP contribution >= 0.6 is 0 Å². The summed E-state index contributed by atoms with van der Waals surface area (Å²) in [4.78, 5) is 12.7. The Balaban J connectivity index is 2.06. The van der Waals surface area contributed by atoms with Gasteiger partial charge in [-0.2, -0.15) is 0 Å². The van der Waals surface area contributed by atoms with Gasteiger partial charge in [0.1, 0.15) is 6.29 Å². The van der Waals surface area contributed by atoms with Crippen molar-refractivity contribution in [2.24, 2.45) is 0 Å². The molecule has 0 bridgehead atoms. The van der Waals surface area contributed by atoms with Crippen molar-refractivity contribution in [2.75, 3.05) is 19.8 Å². The molecule has 0 aromatic heterocycles. The highest BCUT2D eigenvalue weighted by Gasteiger charge is 2.19. The maximum absolute atomic E-state index is 10.4. The molecule has 1 rings (SSSR count). The van der Waals surface area contributed by atoms with Crippen molar-refractivity contribution < 1.29 is 4.79 Å². The smallest absolute Gasteiger partial charge is 0.138 e. The molecule has 1 unspecified atom stereocenters. The first-order chi connectivity index (χ1) is 5.86. The number of carbonyl (C=O) groups excluding carboxylic acids is 1. The van der Waals surface area contributed by atoms with Crippen LogP contribution in [0.5, 0.6) is 0 Å². The molecule has 1 atom stereocenters. The monoisotopic (exact) mass is 170 g/mol. The third kappa shape index (κ3) is 2.91. The average molecular weight is 170 g/mol. The van der Waals surface area contributed by atoms with E-state index < -0.39 is 0 Å². The van der Waals surface area contributed by atoms with E-state index in [1.165, 1.54) is 19.3 Å². The van der Waals surface area contributed by atoms with Crippen LogP contribution in [0.25, 0.3) is 0 Å². The molecule has 70 valence electrons. The van der Waals surface area contributed by atoms with Gasteiger partial charge in [-0.3, -0.25) is 10.2 Å². The van der Waals surface area contributed by atoms with Gasteiger partial charge in [-0.15, -0.1) is 0 Å². The van der Waals surface area contributed by atoms with Gasteiger partial charge in [-0.25, -0.2) is 0 Å². The summed E-state index contributed by atoms with van der Waals surface area (Å²) in [7, 11) is 0. The molecule has 0 spiro atoms. The van der Waals surface area contributed by atoms with Crippen molar-refractivity contribution in [3.63, 3.8) is 0 Å². The lowest BCUT2D eigenvalue weighted by atomic mass is 10.2. The number of nitrogens with zero attached hydrogens (tertiary/aromatic N) is 1. The van der Waals surface area contributed by atoms with E-state index >= 15 is 0 Å². The summed E-state index contributed by atoms with van der Waals surface area (Å²) in [5, 5.41) is 3.14. The van der Waals surface area contributed by atoms with Crippen LogP contribution in [0.3, 0.4) is 0 Å². The van der Waals surface area contributed by atoms with Crippen molar-refractivity contribution in [3.05, 3.63) is 0 Å². The normalized spacial score (nSPS) is 24.6. The maximum Gasteiger partial charge on any atom is 0.138 e. The Morgan fingerprint density at radius 3 is 3.00 bits per heavy atom. The number of nitrogens with one attached hydrogen (secondary N) is 1. The number of carbonyl (C=O) groups is 1. The van der Waals surface area contributed by atoms with Gasteiger partial charge in [0, 0.05) is 13.2 Å². The summed E-state index contributed by atoms with van der Waals surface area (Å²) < 4.78 is 0. The van der Waals surface area contributed by atoms with Crippen molar-refractivity contribution in [3.8, 4) is 0 Å². The van der Waals surface area contributed by atoms with E-state index in [1.807, 2.05) is 0 Å². The van der Waals surface area contributed by atoms with E-state index in [0.717, 1.165) is 26.0 Å². The summed E-state index contributed by atoms with van der Waals surface area (Å²) in [6.07, 6.45) is 4.81. The summed E-state index contributed by atoms with van der Waals surface area (Å²) >= 11 is 0. The highest BCUT2D eigenvalue weighted by molar-refractivity contribution is 5.58. The Morgan fingerprint density at radius 2 is 2.42 bits per heavy atom. The minimum Gasteiger partial charge on any atom is -0.302 e. The second-order valence-corrected chi connectivity index (χ2v) is 3.39. The highest BCUT2D eigenvalue weighted by atomic mass is 16.1. The van der Waals surface area contributed by atoms with Gasteiger partial charge in [0.15, 0.2) is 0 Å². The Bertz CT molecular complexity index is 138. The van der Waals surface area contributed by atoms with Gasteiger partial charge in [-0.05, 0) is 13.0 Å². The molecular formula is C9H18N2O. The summed E-state index contributed by atoms with van der Waals surface area (Å²) in [6, 6.07) is 0.0756. The first-order valence-electron chi connectivity index (χ1n) is 4.78. The molecule has 0 saturated carbocycles. The van der Waals surface area contributed by atoms with Crippen LogP contribution in [0.4, 0.5) is 0 Å². The molecule has 3 heteroatoms. The maximum atomic E-state index is 10.4. The lowest BCUT2D eigenvalue weighted by molar-refractivity contribution is -0.109. The zero-order valence-electron chi connectivity index (χ0n) is 7.75. The van der Waals surface area contributed by atoms with Gasteiger partial charge in [0.05, 0.1) is 6.04 Å². The highest BCUT2D eigenvalue weighted by Crippen LogP contribution is 2.02. The zero-order valence-corrected chi connectivity index (χ0v) is 7.75.